The molecule has 0 radical (unpaired) electrons. The first-order chi connectivity index (χ1) is 6.63. The van der Waals surface area contributed by atoms with E-state index >= 15 is 0 Å². The zero-order chi connectivity index (χ0) is 11.0. The molecule has 0 spiro atoms. The molecule has 2 N–H and O–H groups in total. The van der Waals surface area contributed by atoms with Crippen LogP contribution in [0.4, 0.5) is 0 Å². The molecular formula is C12H26O2. The van der Waals surface area contributed by atoms with Crippen molar-refractivity contribution >= 4 is 0 Å². The topological polar surface area (TPSA) is 40.5 Å². The lowest BCUT2D eigenvalue weighted by Gasteiger charge is -2.23. The highest BCUT2D eigenvalue weighted by molar-refractivity contribution is 4.72. The molecule has 0 bridgehead atoms. The van der Waals surface area contributed by atoms with Crippen LogP contribution in [-0.4, -0.2) is 22.4 Å². The van der Waals surface area contributed by atoms with E-state index in [2.05, 4.69) is 13.8 Å². The second-order valence-electron chi connectivity index (χ2n) is 4.28. The van der Waals surface area contributed by atoms with E-state index in [-0.39, 0.29) is 18.1 Å². The maximum atomic E-state index is 9.76. The highest BCUT2D eigenvalue weighted by Crippen LogP contribution is 2.18. The Labute approximate surface area is 88.3 Å². The fraction of sp³-hybridized carbons (Fsp3) is 1.00. The second-order valence-corrected chi connectivity index (χ2v) is 4.28. The Balaban J connectivity index is 3.72. The molecule has 2 heteroatoms. The molecular weight excluding hydrogens is 176 g/mol. The Bertz CT molecular complexity index is 111. The molecule has 14 heavy (non-hydrogen) atoms. The third kappa shape index (κ3) is 5.61. The van der Waals surface area contributed by atoms with Crippen molar-refractivity contribution in [2.45, 2.75) is 71.5 Å². The minimum atomic E-state index is -0.332. The maximum absolute atomic E-state index is 9.76. The summed E-state index contributed by atoms with van der Waals surface area (Å²) in [5.41, 5.74) is 0. The summed E-state index contributed by atoms with van der Waals surface area (Å²) >= 11 is 0. The van der Waals surface area contributed by atoms with Crippen LogP contribution in [0, 0.1) is 5.92 Å². The molecule has 0 rings (SSSR count). The van der Waals surface area contributed by atoms with E-state index in [0.29, 0.717) is 0 Å². The summed E-state index contributed by atoms with van der Waals surface area (Å²) < 4.78 is 0. The fourth-order valence-corrected chi connectivity index (χ4v) is 1.61. The van der Waals surface area contributed by atoms with Crippen LogP contribution in [0.3, 0.4) is 0 Å². The lowest BCUT2D eigenvalue weighted by atomic mass is 9.91. The molecule has 0 aromatic rings. The number of rotatable bonds is 8. The van der Waals surface area contributed by atoms with Gasteiger partial charge in [-0.25, -0.2) is 0 Å². The van der Waals surface area contributed by atoms with Crippen LogP contribution in [-0.2, 0) is 0 Å². The monoisotopic (exact) mass is 202 g/mol. The summed E-state index contributed by atoms with van der Waals surface area (Å²) in [5.74, 6) is 0.0214. The van der Waals surface area contributed by atoms with Crippen molar-refractivity contribution < 1.29 is 10.2 Å². The quantitative estimate of drug-likeness (QED) is 0.635. The fourth-order valence-electron chi connectivity index (χ4n) is 1.61. The van der Waals surface area contributed by atoms with Crippen molar-refractivity contribution in [1.82, 2.24) is 0 Å². The van der Waals surface area contributed by atoms with E-state index in [1.54, 1.807) is 0 Å². The van der Waals surface area contributed by atoms with Gasteiger partial charge in [0, 0.05) is 5.92 Å². The molecule has 0 saturated heterocycles. The first-order valence-corrected chi connectivity index (χ1v) is 5.99. The summed E-state index contributed by atoms with van der Waals surface area (Å²) in [6.45, 7) is 6.18. The predicted octanol–water partition coefficient (Wildman–Crippen LogP) is 2.72. The van der Waals surface area contributed by atoms with Gasteiger partial charge in [0.2, 0.25) is 0 Å². The van der Waals surface area contributed by atoms with Crippen molar-refractivity contribution in [1.29, 1.82) is 0 Å². The molecule has 0 saturated carbocycles. The Hall–Kier alpha value is -0.0800. The Kier molecular flexibility index (Phi) is 8.20. The number of aliphatic hydroxyl groups is 2. The van der Waals surface area contributed by atoms with Crippen LogP contribution in [0.25, 0.3) is 0 Å². The summed E-state index contributed by atoms with van der Waals surface area (Å²) in [4.78, 5) is 0. The van der Waals surface area contributed by atoms with Crippen molar-refractivity contribution in [2.24, 2.45) is 5.92 Å². The average molecular weight is 202 g/mol. The standard InChI is InChI=1S/C12H26O2/c1-4-6-8-11(13)10(3)12(14)9-7-5-2/h10-14H,4-9H2,1-3H3/t10?,11-,12+. The number of aliphatic hydroxyl groups excluding tert-OH is 2. The molecule has 3 atom stereocenters. The van der Waals surface area contributed by atoms with Crippen LogP contribution in [0.2, 0.25) is 0 Å². The summed E-state index contributed by atoms with van der Waals surface area (Å²) in [7, 11) is 0. The molecule has 0 fully saturated rings. The maximum Gasteiger partial charge on any atom is 0.0590 e. The van der Waals surface area contributed by atoms with Gasteiger partial charge in [0.1, 0.15) is 0 Å². The van der Waals surface area contributed by atoms with Crippen LogP contribution in [0.15, 0.2) is 0 Å². The molecule has 1 unspecified atom stereocenters. The zero-order valence-corrected chi connectivity index (χ0v) is 9.87. The lowest BCUT2D eigenvalue weighted by Crippen LogP contribution is -2.29. The Morgan fingerprint density at radius 1 is 0.857 bits per heavy atom. The van der Waals surface area contributed by atoms with E-state index in [4.69, 9.17) is 0 Å². The van der Waals surface area contributed by atoms with Crippen LogP contribution >= 0.6 is 0 Å². The minimum Gasteiger partial charge on any atom is -0.393 e. The number of hydrogen-bond donors (Lipinski definition) is 2. The van der Waals surface area contributed by atoms with Crippen molar-refractivity contribution in [3.63, 3.8) is 0 Å². The van der Waals surface area contributed by atoms with Gasteiger partial charge >= 0.3 is 0 Å². The first kappa shape index (κ1) is 13.9. The highest BCUT2D eigenvalue weighted by Gasteiger charge is 2.21. The van der Waals surface area contributed by atoms with E-state index in [0.717, 1.165) is 38.5 Å². The van der Waals surface area contributed by atoms with Crippen LogP contribution in [0.5, 0.6) is 0 Å². The average Bonchev–Trinajstić information content (AvgIpc) is 2.21. The molecule has 86 valence electrons. The molecule has 2 nitrogen and oxygen atoms in total. The molecule has 0 aromatic heterocycles. The van der Waals surface area contributed by atoms with E-state index in [9.17, 15) is 10.2 Å². The van der Waals surface area contributed by atoms with E-state index in [1.165, 1.54) is 0 Å². The number of unbranched alkanes of at least 4 members (excludes halogenated alkanes) is 2. The molecule has 0 aliphatic carbocycles. The Morgan fingerprint density at radius 3 is 1.50 bits per heavy atom. The van der Waals surface area contributed by atoms with E-state index < -0.39 is 0 Å². The summed E-state index contributed by atoms with van der Waals surface area (Å²) in [5, 5.41) is 19.5. The normalized spacial score (nSPS) is 17.8. The summed E-state index contributed by atoms with van der Waals surface area (Å²) in [6.07, 6.45) is 5.28. The van der Waals surface area contributed by atoms with Gasteiger partial charge in [0.25, 0.3) is 0 Å². The largest absolute Gasteiger partial charge is 0.393 e. The molecule has 0 amide bonds. The van der Waals surface area contributed by atoms with Gasteiger partial charge in [-0.1, -0.05) is 46.5 Å². The van der Waals surface area contributed by atoms with Gasteiger partial charge in [-0.05, 0) is 12.8 Å². The van der Waals surface area contributed by atoms with Gasteiger partial charge in [-0.3, -0.25) is 0 Å². The van der Waals surface area contributed by atoms with E-state index in [1.807, 2.05) is 6.92 Å². The molecule has 0 aromatic carbocycles. The van der Waals surface area contributed by atoms with Gasteiger partial charge in [0.05, 0.1) is 12.2 Å². The minimum absolute atomic E-state index is 0.0214. The predicted molar refractivity (Wildman–Crippen MR) is 60.2 cm³/mol. The third-order valence-corrected chi connectivity index (χ3v) is 2.92. The van der Waals surface area contributed by atoms with Crippen molar-refractivity contribution in [2.75, 3.05) is 0 Å². The highest BCUT2D eigenvalue weighted by atomic mass is 16.3. The van der Waals surface area contributed by atoms with Crippen molar-refractivity contribution in [3.05, 3.63) is 0 Å². The van der Waals surface area contributed by atoms with Gasteiger partial charge in [-0.2, -0.15) is 0 Å². The summed E-state index contributed by atoms with van der Waals surface area (Å²) in [6, 6.07) is 0. The number of hydrogen-bond acceptors (Lipinski definition) is 2. The Morgan fingerprint density at radius 2 is 1.21 bits per heavy atom. The molecule has 0 aliphatic rings. The molecule has 0 aliphatic heterocycles. The SMILES string of the molecule is CCCC[C@@H](O)C(C)[C@@H](O)CCCC. The van der Waals surface area contributed by atoms with Crippen molar-refractivity contribution in [3.8, 4) is 0 Å². The van der Waals surface area contributed by atoms with Crippen LogP contribution in [0.1, 0.15) is 59.3 Å². The molecule has 0 heterocycles. The lowest BCUT2D eigenvalue weighted by molar-refractivity contribution is 0.0119. The first-order valence-electron chi connectivity index (χ1n) is 5.99. The zero-order valence-electron chi connectivity index (χ0n) is 9.87. The van der Waals surface area contributed by atoms with Gasteiger partial charge < -0.3 is 10.2 Å². The second kappa shape index (κ2) is 8.25. The van der Waals surface area contributed by atoms with Gasteiger partial charge in [0.15, 0.2) is 0 Å². The smallest absolute Gasteiger partial charge is 0.0590 e. The van der Waals surface area contributed by atoms with Gasteiger partial charge in [-0.15, -0.1) is 0 Å². The van der Waals surface area contributed by atoms with Crippen LogP contribution < -0.4 is 0 Å². The third-order valence-electron chi connectivity index (χ3n) is 2.92.